The highest BCUT2D eigenvalue weighted by atomic mass is 19.1. The summed E-state index contributed by atoms with van der Waals surface area (Å²) in [4.78, 5) is 0. The fourth-order valence-electron chi connectivity index (χ4n) is 1.10. The third-order valence-electron chi connectivity index (χ3n) is 1.92. The molecule has 1 radical (unpaired) electrons. The normalized spacial score (nSPS) is 9.50. The van der Waals surface area contributed by atoms with Gasteiger partial charge in [-0.2, -0.15) is 5.26 Å². The van der Waals surface area contributed by atoms with Gasteiger partial charge in [-0.15, -0.1) is 6.42 Å². The maximum Gasteiger partial charge on any atom is 0.0997 e. The highest BCUT2D eigenvalue weighted by Gasteiger charge is 2.07. The summed E-state index contributed by atoms with van der Waals surface area (Å²) < 4.78 is 12.4. The lowest BCUT2D eigenvalue weighted by Crippen LogP contribution is -1.98. The van der Waals surface area contributed by atoms with Gasteiger partial charge in [0.15, 0.2) is 0 Å². The van der Waals surface area contributed by atoms with Crippen molar-refractivity contribution in [2.75, 3.05) is 6.67 Å². The zero-order chi connectivity index (χ0) is 10.6. The molecule has 0 saturated heterocycles. The van der Waals surface area contributed by atoms with Crippen molar-refractivity contribution >= 4 is 0 Å². The molecule has 2 heteroatoms. The molecule has 0 aliphatic rings. The van der Waals surface area contributed by atoms with Crippen molar-refractivity contribution in [3.8, 4) is 18.4 Å². The molecule has 0 aliphatic heterocycles. The maximum absolute atomic E-state index is 12.4. The Morgan fingerprint density at radius 2 is 2.07 bits per heavy atom. The molecule has 0 aromatic heterocycles. The fraction of sp³-hybridized carbons (Fsp3) is 0.167. The summed E-state index contributed by atoms with van der Waals surface area (Å²) in [7, 11) is 0. The van der Waals surface area contributed by atoms with Gasteiger partial charge in [0.1, 0.15) is 0 Å². The number of nitrogens with zero attached hydrogens (tertiary/aromatic N) is 1. The summed E-state index contributed by atoms with van der Waals surface area (Å²) in [6.45, 7) is 1.15. The smallest absolute Gasteiger partial charge is 0.0997 e. The second-order valence-corrected chi connectivity index (χ2v) is 2.97. The van der Waals surface area contributed by atoms with Gasteiger partial charge in [-0.25, -0.2) is 0 Å². The third kappa shape index (κ3) is 2.12. The van der Waals surface area contributed by atoms with Crippen molar-refractivity contribution in [2.45, 2.75) is 6.92 Å². The first-order valence-corrected chi connectivity index (χ1v) is 4.12. The van der Waals surface area contributed by atoms with E-state index in [2.05, 4.69) is 5.92 Å². The molecule has 0 N–H and O–H groups in total. The summed E-state index contributed by atoms with van der Waals surface area (Å²) in [6.07, 6.45) is 5.22. The third-order valence-corrected chi connectivity index (χ3v) is 1.92. The molecule has 0 heterocycles. The summed E-state index contributed by atoms with van der Waals surface area (Å²) in [5, 5.41) is 8.71. The molecule has 1 rings (SSSR count). The van der Waals surface area contributed by atoms with E-state index in [1.807, 2.05) is 6.07 Å². The Kier molecular flexibility index (Phi) is 3.26. The van der Waals surface area contributed by atoms with Crippen LogP contribution in [0.3, 0.4) is 0 Å². The van der Waals surface area contributed by atoms with Gasteiger partial charge < -0.3 is 0 Å². The average Bonchev–Trinajstić information content (AvgIpc) is 2.27. The average molecular weight is 186 g/mol. The van der Waals surface area contributed by atoms with Gasteiger partial charge >= 0.3 is 0 Å². The van der Waals surface area contributed by atoms with E-state index in [1.165, 1.54) is 0 Å². The number of hydrogen-bond acceptors (Lipinski definition) is 1. The number of hydrogen-bond donors (Lipinski definition) is 0. The second-order valence-electron chi connectivity index (χ2n) is 2.97. The number of benzene rings is 1. The Morgan fingerprint density at radius 1 is 1.43 bits per heavy atom. The van der Waals surface area contributed by atoms with Crippen molar-refractivity contribution in [2.24, 2.45) is 0 Å². The molecule has 1 aromatic rings. The topological polar surface area (TPSA) is 23.8 Å². The van der Waals surface area contributed by atoms with Crippen molar-refractivity contribution in [1.82, 2.24) is 0 Å². The van der Waals surface area contributed by atoms with Crippen LogP contribution in [-0.2, 0) is 0 Å². The Labute approximate surface area is 83.2 Å². The zero-order valence-electron chi connectivity index (χ0n) is 7.84. The second kappa shape index (κ2) is 4.44. The van der Waals surface area contributed by atoms with E-state index >= 15 is 0 Å². The van der Waals surface area contributed by atoms with Crippen LogP contribution < -0.4 is 0 Å². The molecule has 0 amide bonds. The highest BCUT2D eigenvalue weighted by Crippen LogP contribution is 2.18. The number of alkyl halides is 1. The molecule has 1 nitrogen and oxygen atoms in total. The van der Waals surface area contributed by atoms with Crippen LogP contribution in [0.15, 0.2) is 18.2 Å². The molecular weight excluding hydrogens is 177 g/mol. The molecule has 0 atom stereocenters. The molecule has 0 aliphatic carbocycles. The summed E-state index contributed by atoms with van der Waals surface area (Å²) in [6, 6.07) is 6.93. The quantitative estimate of drug-likeness (QED) is 0.651. The molecule has 1 aromatic carbocycles. The van der Waals surface area contributed by atoms with Crippen LogP contribution in [0.5, 0.6) is 0 Å². The van der Waals surface area contributed by atoms with Crippen molar-refractivity contribution < 1.29 is 4.39 Å². The van der Waals surface area contributed by atoms with Gasteiger partial charge in [-0.3, -0.25) is 4.39 Å². The first kappa shape index (κ1) is 10.3. The largest absolute Gasteiger partial charge is 0.250 e. The predicted octanol–water partition coefficient (Wildman–Crippen LogP) is 2.45. The first-order valence-electron chi connectivity index (χ1n) is 4.12. The van der Waals surface area contributed by atoms with Gasteiger partial charge in [-0.1, -0.05) is 12.8 Å². The maximum atomic E-state index is 12.4. The Balaban J connectivity index is 3.20. The van der Waals surface area contributed by atoms with Gasteiger partial charge in [0, 0.05) is 11.5 Å². The van der Waals surface area contributed by atoms with Gasteiger partial charge in [0.2, 0.25) is 0 Å². The minimum atomic E-state index is -0.529. The van der Waals surface area contributed by atoms with Crippen molar-refractivity contribution in [3.05, 3.63) is 40.8 Å². The lowest BCUT2D eigenvalue weighted by Gasteiger charge is -2.07. The molecule has 0 saturated carbocycles. The van der Waals surface area contributed by atoms with E-state index in [0.29, 0.717) is 22.6 Å². The van der Waals surface area contributed by atoms with Crippen LogP contribution in [0.2, 0.25) is 0 Å². The SMILES string of the molecule is C#Cc1cc(C#N)cc([C](C)CF)c1. The number of rotatable bonds is 2. The van der Waals surface area contributed by atoms with Crippen LogP contribution in [0.25, 0.3) is 0 Å². The summed E-state index contributed by atoms with van der Waals surface area (Å²) >= 11 is 0. The van der Waals surface area contributed by atoms with Crippen molar-refractivity contribution in [3.63, 3.8) is 0 Å². The molecule has 0 spiro atoms. The Bertz CT molecular complexity index is 377. The molecule has 14 heavy (non-hydrogen) atoms. The minimum Gasteiger partial charge on any atom is -0.250 e. The lowest BCUT2D eigenvalue weighted by atomic mass is 9.98. The van der Waals surface area contributed by atoms with E-state index in [0.717, 1.165) is 0 Å². The molecule has 69 valence electrons. The van der Waals surface area contributed by atoms with E-state index in [1.54, 1.807) is 25.1 Å². The molecule has 0 fully saturated rings. The Hall–Kier alpha value is -1.80. The van der Waals surface area contributed by atoms with Gasteiger partial charge in [-0.05, 0) is 23.8 Å². The molecule has 0 unspecified atom stereocenters. The van der Waals surface area contributed by atoms with Gasteiger partial charge in [0.25, 0.3) is 0 Å². The fourth-order valence-corrected chi connectivity index (χ4v) is 1.10. The van der Waals surface area contributed by atoms with E-state index in [9.17, 15) is 4.39 Å². The van der Waals surface area contributed by atoms with Crippen LogP contribution in [0.1, 0.15) is 23.6 Å². The number of terminal acetylenes is 1. The van der Waals surface area contributed by atoms with E-state index in [-0.39, 0.29) is 0 Å². The van der Waals surface area contributed by atoms with Crippen LogP contribution in [0.4, 0.5) is 4.39 Å². The molecular formula is C12H9FN. The first-order chi connectivity index (χ1) is 6.71. The number of halogens is 1. The standard InChI is InChI=1S/C12H9FN/c1-3-10-4-11(8-14)6-12(5-10)9(2)7-13/h1,4-6H,7H2,2H3. The van der Waals surface area contributed by atoms with Crippen LogP contribution in [-0.4, -0.2) is 6.67 Å². The van der Waals surface area contributed by atoms with Gasteiger partial charge in [0.05, 0.1) is 18.3 Å². The van der Waals surface area contributed by atoms with Crippen molar-refractivity contribution in [1.29, 1.82) is 5.26 Å². The zero-order valence-corrected chi connectivity index (χ0v) is 7.84. The lowest BCUT2D eigenvalue weighted by molar-refractivity contribution is 0.516. The van der Waals surface area contributed by atoms with E-state index < -0.39 is 6.67 Å². The predicted molar refractivity (Wildman–Crippen MR) is 53.1 cm³/mol. The van der Waals surface area contributed by atoms with E-state index in [4.69, 9.17) is 11.7 Å². The summed E-state index contributed by atoms with van der Waals surface area (Å²) in [5.74, 6) is 3.02. The minimum absolute atomic E-state index is 0.461. The molecule has 0 bridgehead atoms. The summed E-state index contributed by atoms with van der Waals surface area (Å²) in [5.41, 5.74) is 1.76. The number of nitriles is 1. The van der Waals surface area contributed by atoms with Crippen LogP contribution in [0, 0.1) is 29.6 Å². The van der Waals surface area contributed by atoms with Crippen LogP contribution >= 0.6 is 0 Å². The Morgan fingerprint density at radius 3 is 2.57 bits per heavy atom. The monoisotopic (exact) mass is 186 g/mol. The highest BCUT2D eigenvalue weighted by molar-refractivity contribution is 5.47.